The lowest BCUT2D eigenvalue weighted by molar-refractivity contribution is 0.455. The summed E-state index contributed by atoms with van der Waals surface area (Å²) in [5.74, 6) is 1.77. The van der Waals surface area contributed by atoms with E-state index in [1.807, 2.05) is 42.6 Å². The van der Waals surface area contributed by atoms with Crippen molar-refractivity contribution in [2.24, 2.45) is 0 Å². The Labute approximate surface area is 281 Å². The van der Waals surface area contributed by atoms with Gasteiger partial charge in [0.1, 0.15) is 11.5 Å². The standard InChI is InChI=1S/C44H26N2OS/c1-2-11-34-32(9-1)33-10-3-4-12-35(33)37-24-27(17-19-36(34)37)29-21-30(23-31(22-29)40-26-45-38-13-5-6-14-39(38)46-40)28-18-20-44-42(25-28)47-41-15-7-8-16-43(41)48-44/h1-26H. The number of hydrogen-bond donors (Lipinski definition) is 0. The zero-order valence-corrected chi connectivity index (χ0v) is 26.5. The molecule has 0 saturated carbocycles. The van der Waals surface area contributed by atoms with E-state index < -0.39 is 0 Å². The Kier molecular flexibility index (Phi) is 6.11. The van der Waals surface area contributed by atoms with Crippen molar-refractivity contribution in [3.63, 3.8) is 0 Å². The third kappa shape index (κ3) is 4.45. The predicted octanol–water partition coefficient (Wildman–Crippen LogP) is 12.3. The fraction of sp³-hybridized carbons (Fsp3) is 0. The van der Waals surface area contributed by atoms with E-state index in [0.29, 0.717) is 0 Å². The lowest BCUT2D eigenvalue weighted by Crippen LogP contribution is -1.95. The van der Waals surface area contributed by atoms with Crippen LogP contribution in [-0.2, 0) is 0 Å². The van der Waals surface area contributed by atoms with E-state index in [1.54, 1.807) is 11.8 Å². The van der Waals surface area contributed by atoms with Gasteiger partial charge in [-0.1, -0.05) is 103 Å². The molecule has 0 aliphatic carbocycles. The number of hydrogen-bond acceptors (Lipinski definition) is 4. The maximum absolute atomic E-state index is 6.40. The van der Waals surface area contributed by atoms with Gasteiger partial charge in [-0.3, -0.25) is 4.98 Å². The Morgan fingerprint density at radius 3 is 1.73 bits per heavy atom. The summed E-state index contributed by atoms with van der Waals surface area (Å²) >= 11 is 1.75. The van der Waals surface area contributed by atoms with Gasteiger partial charge in [0, 0.05) is 5.56 Å². The molecule has 1 aliphatic heterocycles. The molecule has 0 saturated heterocycles. The zero-order valence-electron chi connectivity index (χ0n) is 25.7. The highest BCUT2D eigenvalue weighted by Crippen LogP contribution is 2.48. The number of ether oxygens (including phenoxy) is 1. The average Bonchev–Trinajstić information content (AvgIpc) is 3.16. The molecule has 1 aromatic heterocycles. The first-order chi connectivity index (χ1) is 23.7. The Hall–Kier alpha value is -5.97. The van der Waals surface area contributed by atoms with Gasteiger partial charge >= 0.3 is 0 Å². The molecule has 9 aromatic rings. The Balaban J connectivity index is 1.18. The molecule has 0 N–H and O–H groups in total. The molecule has 224 valence electrons. The largest absolute Gasteiger partial charge is 0.455 e. The van der Waals surface area contributed by atoms with Gasteiger partial charge in [-0.05, 0) is 115 Å². The highest BCUT2D eigenvalue weighted by atomic mass is 32.2. The van der Waals surface area contributed by atoms with E-state index in [2.05, 4.69) is 115 Å². The second-order valence-corrected chi connectivity index (χ2v) is 13.3. The smallest absolute Gasteiger partial charge is 0.142 e. The van der Waals surface area contributed by atoms with Crippen molar-refractivity contribution in [2.75, 3.05) is 0 Å². The normalized spacial score (nSPS) is 12.2. The summed E-state index contributed by atoms with van der Waals surface area (Å²) in [6.07, 6.45) is 1.88. The van der Waals surface area contributed by atoms with Gasteiger partial charge in [-0.15, -0.1) is 0 Å². The van der Waals surface area contributed by atoms with Crippen molar-refractivity contribution in [1.29, 1.82) is 0 Å². The van der Waals surface area contributed by atoms with E-state index in [9.17, 15) is 0 Å². The van der Waals surface area contributed by atoms with Gasteiger partial charge < -0.3 is 4.74 Å². The molecular formula is C44H26N2OS. The minimum atomic E-state index is 0.840. The Morgan fingerprint density at radius 1 is 0.396 bits per heavy atom. The zero-order chi connectivity index (χ0) is 31.6. The average molecular weight is 631 g/mol. The van der Waals surface area contributed by atoms with Crippen LogP contribution in [0.15, 0.2) is 168 Å². The molecule has 0 radical (unpaired) electrons. The molecule has 2 heterocycles. The van der Waals surface area contributed by atoms with Crippen LogP contribution in [-0.4, -0.2) is 9.97 Å². The number of para-hydroxylation sites is 3. The van der Waals surface area contributed by atoms with Gasteiger partial charge in [-0.25, -0.2) is 4.98 Å². The molecule has 0 atom stereocenters. The van der Waals surface area contributed by atoms with Crippen LogP contribution in [0.25, 0.3) is 76.9 Å². The van der Waals surface area contributed by atoms with Crippen molar-refractivity contribution in [3.05, 3.63) is 158 Å². The van der Waals surface area contributed by atoms with Gasteiger partial charge in [-0.2, -0.15) is 0 Å². The second kappa shape index (κ2) is 10.8. The fourth-order valence-electron chi connectivity index (χ4n) is 7.00. The molecule has 0 unspecified atom stereocenters. The molecule has 1 aliphatic rings. The van der Waals surface area contributed by atoms with Crippen LogP contribution in [0.4, 0.5) is 0 Å². The molecule has 3 nitrogen and oxygen atoms in total. The van der Waals surface area contributed by atoms with Crippen LogP contribution in [0, 0.1) is 0 Å². The molecule has 0 amide bonds. The van der Waals surface area contributed by atoms with E-state index >= 15 is 0 Å². The van der Waals surface area contributed by atoms with E-state index in [0.717, 1.165) is 65.8 Å². The van der Waals surface area contributed by atoms with Gasteiger partial charge in [0.05, 0.1) is 32.7 Å². The van der Waals surface area contributed by atoms with Crippen molar-refractivity contribution in [2.45, 2.75) is 9.79 Å². The number of nitrogens with zero attached hydrogens (tertiary/aromatic N) is 2. The molecule has 4 heteroatoms. The van der Waals surface area contributed by atoms with E-state index in [-0.39, 0.29) is 0 Å². The van der Waals surface area contributed by atoms with Gasteiger partial charge in [0.25, 0.3) is 0 Å². The summed E-state index contributed by atoms with van der Waals surface area (Å²) < 4.78 is 6.40. The summed E-state index contributed by atoms with van der Waals surface area (Å²) in [7, 11) is 0. The molecule has 0 spiro atoms. The first kappa shape index (κ1) is 27.2. The number of aromatic nitrogens is 2. The van der Waals surface area contributed by atoms with Crippen LogP contribution in [0.5, 0.6) is 11.5 Å². The van der Waals surface area contributed by atoms with Crippen LogP contribution >= 0.6 is 11.8 Å². The van der Waals surface area contributed by atoms with E-state index in [1.165, 1.54) is 32.3 Å². The molecule has 0 bridgehead atoms. The Bertz CT molecular complexity index is 2720. The second-order valence-electron chi connectivity index (χ2n) is 12.2. The highest BCUT2D eigenvalue weighted by Gasteiger charge is 2.19. The van der Waals surface area contributed by atoms with Crippen LogP contribution in [0.2, 0.25) is 0 Å². The maximum atomic E-state index is 6.40. The number of fused-ring (bicyclic) bond motifs is 9. The third-order valence-corrected chi connectivity index (χ3v) is 10.4. The highest BCUT2D eigenvalue weighted by molar-refractivity contribution is 7.99. The van der Waals surface area contributed by atoms with Crippen LogP contribution in [0.3, 0.4) is 0 Å². The first-order valence-electron chi connectivity index (χ1n) is 16.1. The first-order valence-corrected chi connectivity index (χ1v) is 16.9. The summed E-state index contributed by atoms with van der Waals surface area (Å²) in [5, 5.41) is 7.59. The molecule has 10 rings (SSSR count). The Morgan fingerprint density at radius 2 is 0.958 bits per heavy atom. The van der Waals surface area contributed by atoms with Crippen molar-refractivity contribution >= 4 is 55.1 Å². The summed E-state index contributed by atoms with van der Waals surface area (Å²) in [4.78, 5) is 12.1. The van der Waals surface area contributed by atoms with Crippen LogP contribution < -0.4 is 4.74 Å². The summed E-state index contributed by atoms with van der Waals surface area (Å²) in [5.41, 5.74) is 8.07. The lowest BCUT2D eigenvalue weighted by atomic mass is 9.90. The lowest BCUT2D eigenvalue weighted by Gasteiger charge is -2.20. The third-order valence-electron chi connectivity index (χ3n) is 9.32. The number of benzene rings is 8. The molecule has 0 fully saturated rings. The van der Waals surface area contributed by atoms with Crippen molar-refractivity contribution in [3.8, 4) is 45.0 Å². The summed E-state index contributed by atoms with van der Waals surface area (Å²) in [6, 6.07) is 53.8. The fourth-order valence-corrected chi connectivity index (χ4v) is 7.93. The predicted molar refractivity (Wildman–Crippen MR) is 199 cm³/mol. The van der Waals surface area contributed by atoms with Crippen molar-refractivity contribution < 1.29 is 4.74 Å². The minimum Gasteiger partial charge on any atom is -0.455 e. The quantitative estimate of drug-likeness (QED) is 0.182. The topological polar surface area (TPSA) is 35.0 Å². The minimum absolute atomic E-state index is 0.840. The van der Waals surface area contributed by atoms with Crippen molar-refractivity contribution in [1.82, 2.24) is 9.97 Å². The molecule has 8 aromatic carbocycles. The summed E-state index contributed by atoms with van der Waals surface area (Å²) in [6.45, 7) is 0. The van der Waals surface area contributed by atoms with Gasteiger partial charge in [0.15, 0.2) is 0 Å². The van der Waals surface area contributed by atoms with E-state index in [4.69, 9.17) is 14.7 Å². The molecular weight excluding hydrogens is 605 g/mol. The molecule has 48 heavy (non-hydrogen) atoms. The number of rotatable bonds is 3. The SMILES string of the molecule is c1ccc2c(c1)Oc1cc(-c3cc(-c4ccc5c6ccccc6c6ccccc6c5c4)cc(-c4cnc5ccccc5n4)c3)ccc1S2. The maximum Gasteiger partial charge on any atom is 0.142 e. The monoisotopic (exact) mass is 630 g/mol. The van der Waals surface area contributed by atoms with Crippen LogP contribution in [0.1, 0.15) is 0 Å². The van der Waals surface area contributed by atoms with Gasteiger partial charge in [0.2, 0.25) is 0 Å².